The van der Waals surface area contributed by atoms with Crippen LogP contribution in [0, 0.1) is 0 Å². The Bertz CT molecular complexity index is 570. The molecule has 1 amide bonds. The molecule has 0 spiro atoms. The van der Waals surface area contributed by atoms with E-state index in [9.17, 15) is 4.79 Å². The highest BCUT2D eigenvalue weighted by atomic mass is 16.5. The topological polar surface area (TPSA) is 76.9 Å². The van der Waals surface area contributed by atoms with Gasteiger partial charge in [0.15, 0.2) is 11.8 Å². The van der Waals surface area contributed by atoms with Crippen LogP contribution in [0.25, 0.3) is 5.76 Å². The lowest BCUT2D eigenvalue weighted by Crippen LogP contribution is -2.40. The van der Waals surface area contributed by atoms with E-state index in [1.54, 1.807) is 14.0 Å². The van der Waals surface area contributed by atoms with Crippen LogP contribution in [0.5, 0.6) is 0 Å². The number of ether oxygens (including phenoxy) is 2. The Hall–Kier alpha value is -2.44. The molecule has 106 valence electrons. The SMILES string of the molecule is C=C(OCC)c1nccnc1C1=NN(C)C(=O)C(C)O1. The molecule has 0 aromatic carbocycles. The summed E-state index contributed by atoms with van der Waals surface area (Å²) in [7, 11) is 1.56. The number of amides is 1. The van der Waals surface area contributed by atoms with Crippen LogP contribution in [-0.4, -0.2) is 46.5 Å². The van der Waals surface area contributed by atoms with Crippen LogP contribution in [0.2, 0.25) is 0 Å². The number of rotatable bonds is 4. The van der Waals surface area contributed by atoms with Crippen molar-refractivity contribution in [2.75, 3.05) is 13.7 Å². The van der Waals surface area contributed by atoms with Gasteiger partial charge >= 0.3 is 0 Å². The molecule has 0 saturated carbocycles. The Kier molecular flexibility index (Phi) is 3.97. The molecular formula is C13H16N4O3. The number of nitrogens with zero attached hydrogens (tertiary/aromatic N) is 4. The number of hydrazone groups is 1. The fourth-order valence-corrected chi connectivity index (χ4v) is 1.73. The van der Waals surface area contributed by atoms with Crippen LogP contribution in [0.3, 0.4) is 0 Å². The van der Waals surface area contributed by atoms with Gasteiger partial charge in [-0.15, -0.1) is 5.10 Å². The van der Waals surface area contributed by atoms with Crippen molar-refractivity contribution in [3.05, 3.63) is 30.4 Å². The van der Waals surface area contributed by atoms with Crippen molar-refractivity contribution in [3.63, 3.8) is 0 Å². The summed E-state index contributed by atoms with van der Waals surface area (Å²) < 4.78 is 10.8. The molecule has 1 aromatic heterocycles. The maximum Gasteiger partial charge on any atom is 0.283 e. The fourth-order valence-electron chi connectivity index (χ4n) is 1.73. The van der Waals surface area contributed by atoms with Crippen molar-refractivity contribution in [1.82, 2.24) is 15.0 Å². The zero-order valence-electron chi connectivity index (χ0n) is 11.7. The average molecular weight is 276 g/mol. The van der Waals surface area contributed by atoms with E-state index in [-0.39, 0.29) is 11.8 Å². The van der Waals surface area contributed by atoms with Gasteiger partial charge in [0.2, 0.25) is 0 Å². The van der Waals surface area contributed by atoms with E-state index in [1.807, 2.05) is 6.92 Å². The van der Waals surface area contributed by atoms with Gasteiger partial charge in [0.1, 0.15) is 11.5 Å². The third-order valence-electron chi connectivity index (χ3n) is 2.68. The minimum atomic E-state index is -0.622. The molecule has 2 heterocycles. The fraction of sp³-hybridized carbons (Fsp3) is 0.385. The predicted molar refractivity (Wildman–Crippen MR) is 72.5 cm³/mol. The summed E-state index contributed by atoms with van der Waals surface area (Å²) in [6.45, 7) is 7.78. The molecule has 20 heavy (non-hydrogen) atoms. The zero-order valence-corrected chi connectivity index (χ0v) is 11.7. The Balaban J connectivity index is 2.41. The van der Waals surface area contributed by atoms with E-state index >= 15 is 0 Å². The van der Waals surface area contributed by atoms with E-state index in [4.69, 9.17) is 9.47 Å². The number of aromatic nitrogens is 2. The summed E-state index contributed by atoms with van der Waals surface area (Å²) in [5.41, 5.74) is 0.847. The van der Waals surface area contributed by atoms with Crippen LogP contribution < -0.4 is 0 Å². The summed E-state index contributed by atoms with van der Waals surface area (Å²) in [5, 5.41) is 5.29. The lowest BCUT2D eigenvalue weighted by atomic mass is 10.2. The number of carbonyl (C=O) groups excluding carboxylic acids is 1. The first kappa shape index (κ1) is 14.0. The van der Waals surface area contributed by atoms with Crippen LogP contribution in [0.4, 0.5) is 0 Å². The highest BCUT2D eigenvalue weighted by molar-refractivity contribution is 5.99. The van der Waals surface area contributed by atoms with Gasteiger partial charge in [-0.25, -0.2) is 15.0 Å². The van der Waals surface area contributed by atoms with Crippen molar-refractivity contribution >= 4 is 17.6 Å². The quantitative estimate of drug-likeness (QED) is 0.767. The predicted octanol–water partition coefficient (Wildman–Crippen LogP) is 1.02. The highest BCUT2D eigenvalue weighted by Gasteiger charge is 2.29. The molecule has 0 aliphatic carbocycles. The third-order valence-corrected chi connectivity index (χ3v) is 2.68. The smallest absolute Gasteiger partial charge is 0.283 e. The van der Waals surface area contributed by atoms with E-state index < -0.39 is 6.10 Å². The lowest BCUT2D eigenvalue weighted by Gasteiger charge is -2.25. The molecule has 0 N–H and O–H groups in total. The summed E-state index contributed by atoms with van der Waals surface area (Å²) >= 11 is 0. The van der Waals surface area contributed by atoms with E-state index in [1.165, 1.54) is 17.4 Å². The molecule has 7 heteroatoms. The highest BCUT2D eigenvalue weighted by Crippen LogP contribution is 2.19. The minimum Gasteiger partial charge on any atom is -0.492 e. The number of hydrogen-bond acceptors (Lipinski definition) is 6. The van der Waals surface area contributed by atoms with Crippen molar-refractivity contribution in [1.29, 1.82) is 0 Å². The van der Waals surface area contributed by atoms with Crippen LogP contribution in [0.1, 0.15) is 25.2 Å². The maximum atomic E-state index is 11.6. The third kappa shape index (κ3) is 2.61. The monoisotopic (exact) mass is 276 g/mol. The molecule has 2 rings (SSSR count). The summed E-state index contributed by atoms with van der Waals surface area (Å²) in [6.07, 6.45) is 2.43. The molecule has 0 saturated heterocycles. The van der Waals surface area contributed by atoms with Crippen LogP contribution in [0.15, 0.2) is 24.1 Å². The van der Waals surface area contributed by atoms with E-state index in [0.29, 0.717) is 23.8 Å². The van der Waals surface area contributed by atoms with Gasteiger partial charge in [0.25, 0.3) is 11.8 Å². The number of carbonyl (C=O) groups is 1. The second kappa shape index (κ2) is 5.68. The molecule has 1 aliphatic heterocycles. The summed E-state index contributed by atoms with van der Waals surface area (Å²) in [4.78, 5) is 20.0. The molecule has 0 bridgehead atoms. The molecule has 1 unspecified atom stereocenters. The first-order chi connectivity index (χ1) is 9.54. The van der Waals surface area contributed by atoms with Gasteiger partial charge in [0.05, 0.1) is 6.61 Å². The molecular weight excluding hydrogens is 260 g/mol. The molecule has 0 radical (unpaired) electrons. The van der Waals surface area contributed by atoms with E-state index in [2.05, 4.69) is 21.6 Å². The van der Waals surface area contributed by atoms with Gasteiger partial charge in [-0.05, 0) is 13.8 Å². The molecule has 1 aliphatic rings. The van der Waals surface area contributed by atoms with Gasteiger partial charge in [-0.2, -0.15) is 0 Å². The van der Waals surface area contributed by atoms with Crippen LogP contribution >= 0.6 is 0 Å². The standard InChI is InChI=1S/C13H16N4O3/c1-5-19-8(2)10-11(15-7-6-14-10)12-16-17(4)13(18)9(3)20-12/h6-7,9H,2,5H2,1,3-4H3. The Morgan fingerprint density at radius 2 is 2.20 bits per heavy atom. The molecule has 1 atom stereocenters. The normalized spacial score (nSPS) is 18.4. The number of hydrogen-bond donors (Lipinski definition) is 0. The second-order valence-corrected chi connectivity index (χ2v) is 4.14. The van der Waals surface area contributed by atoms with Crippen molar-refractivity contribution < 1.29 is 14.3 Å². The Labute approximate surface area is 116 Å². The Morgan fingerprint density at radius 3 is 2.85 bits per heavy atom. The zero-order chi connectivity index (χ0) is 14.7. The van der Waals surface area contributed by atoms with Gasteiger partial charge in [0, 0.05) is 19.4 Å². The maximum absolute atomic E-state index is 11.6. The molecule has 7 nitrogen and oxygen atoms in total. The van der Waals surface area contributed by atoms with Crippen LogP contribution in [-0.2, 0) is 14.3 Å². The first-order valence-corrected chi connectivity index (χ1v) is 6.20. The first-order valence-electron chi connectivity index (χ1n) is 6.20. The molecule has 0 fully saturated rings. The largest absolute Gasteiger partial charge is 0.492 e. The number of likely N-dealkylation sites (N-methyl/N-ethyl adjacent to an activating group) is 1. The van der Waals surface area contributed by atoms with Crippen molar-refractivity contribution in [2.45, 2.75) is 20.0 Å². The molecule has 1 aromatic rings. The van der Waals surface area contributed by atoms with Crippen molar-refractivity contribution in [3.8, 4) is 0 Å². The van der Waals surface area contributed by atoms with E-state index in [0.717, 1.165) is 0 Å². The average Bonchev–Trinajstić information content (AvgIpc) is 2.44. The summed E-state index contributed by atoms with van der Waals surface area (Å²) in [6, 6.07) is 0. The van der Waals surface area contributed by atoms with Gasteiger partial charge in [-0.3, -0.25) is 4.79 Å². The van der Waals surface area contributed by atoms with Gasteiger partial charge in [-0.1, -0.05) is 6.58 Å². The lowest BCUT2D eigenvalue weighted by molar-refractivity contribution is -0.139. The minimum absolute atomic E-state index is 0.220. The van der Waals surface area contributed by atoms with Crippen molar-refractivity contribution in [2.24, 2.45) is 5.10 Å². The second-order valence-electron chi connectivity index (χ2n) is 4.14. The Morgan fingerprint density at radius 1 is 1.50 bits per heavy atom. The summed E-state index contributed by atoms with van der Waals surface area (Å²) in [5.74, 6) is 0.389. The van der Waals surface area contributed by atoms with Gasteiger partial charge < -0.3 is 9.47 Å².